The van der Waals surface area contributed by atoms with E-state index < -0.39 is 0 Å². The number of aryl methyl sites for hydroxylation is 2. The highest BCUT2D eigenvalue weighted by molar-refractivity contribution is 5.83. The van der Waals surface area contributed by atoms with Gasteiger partial charge in [0, 0.05) is 61.1 Å². The predicted octanol–water partition coefficient (Wildman–Crippen LogP) is 5.60. The summed E-state index contributed by atoms with van der Waals surface area (Å²) in [5.74, 6) is 1.42. The number of hydrogen-bond acceptors (Lipinski definition) is 7. The zero-order valence-electron chi connectivity index (χ0n) is 21.3. The molecule has 37 heavy (non-hydrogen) atoms. The molecule has 0 saturated carbocycles. The smallest absolute Gasteiger partial charge is 0.124 e. The van der Waals surface area contributed by atoms with Crippen molar-refractivity contribution in [2.75, 3.05) is 25.7 Å². The van der Waals surface area contributed by atoms with Crippen molar-refractivity contribution >= 4 is 28.5 Å². The summed E-state index contributed by atoms with van der Waals surface area (Å²) in [6, 6.07) is 16.0. The van der Waals surface area contributed by atoms with E-state index in [4.69, 9.17) is 14.5 Å². The first-order valence-electron chi connectivity index (χ1n) is 11.9. The summed E-state index contributed by atoms with van der Waals surface area (Å²) in [6.45, 7) is 2.65. The molecular weight excluding hydrogens is 464 g/mol. The minimum absolute atomic E-state index is 0.590. The second-order valence-corrected chi connectivity index (χ2v) is 8.67. The van der Waals surface area contributed by atoms with Gasteiger partial charge in [-0.05, 0) is 48.9 Å². The van der Waals surface area contributed by atoms with Gasteiger partial charge in [0.15, 0.2) is 0 Å². The molecule has 2 aromatic carbocycles. The molecule has 0 spiro atoms. The lowest BCUT2D eigenvalue weighted by atomic mass is 10.2. The van der Waals surface area contributed by atoms with Gasteiger partial charge in [-0.25, -0.2) is 4.98 Å². The molecule has 5 rings (SSSR count). The predicted molar refractivity (Wildman–Crippen MR) is 146 cm³/mol. The molecule has 0 aliphatic rings. The molecule has 0 fully saturated rings. The first kappa shape index (κ1) is 24.0. The minimum atomic E-state index is 0.590. The molecule has 3 aromatic heterocycles. The highest BCUT2D eigenvalue weighted by Crippen LogP contribution is 2.34. The molecule has 0 unspecified atom stereocenters. The maximum atomic E-state index is 5.54. The number of hydrogen-bond donors (Lipinski definition) is 0. The van der Waals surface area contributed by atoms with Crippen LogP contribution in [0.4, 0.5) is 11.4 Å². The molecule has 8 nitrogen and oxygen atoms in total. The Labute approximate surface area is 215 Å². The Balaban J connectivity index is 1.56. The largest absolute Gasteiger partial charge is 0.497 e. The second kappa shape index (κ2) is 10.5. The van der Waals surface area contributed by atoms with Crippen LogP contribution in [0.2, 0.25) is 0 Å². The van der Waals surface area contributed by atoms with Crippen LogP contribution in [0.25, 0.3) is 28.4 Å². The summed E-state index contributed by atoms with van der Waals surface area (Å²) in [7, 11) is 5.19. The molecule has 0 N–H and O–H groups in total. The molecule has 0 amide bonds. The Morgan fingerprint density at radius 2 is 1.70 bits per heavy atom. The molecule has 0 aliphatic carbocycles. The number of fused-ring (bicyclic) bond motifs is 1. The van der Waals surface area contributed by atoms with Crippen LogP contribution in [0.1, 0.15) is 11.3 Å². The fourth-order valence-electron chi connectivity index (χ4n) is 4.10. The van der Waals surface area contributed by atoms with Gasteiger partial charge < -0.3 is 14.4 Å². The summed E-state index contributed by atoms with van der Waals surface area (Å²) in [5.41, 5.74) is 7.27. The average Bonchev–Trinajstić information content (AvgIpc) is 3.36. The van der Waals surface area contributed by atoms with Gasteiger partial charge in [-0.3, -0.25) is 14.6 Å². The Bertz CT molecular complexity index is 1550. The average molecular weight is 493 g/mol. The number of methoxy groups -OCH3 is 2. The van der Waals surface area contributed by atoms with E-state index in [-0.39, 0.29) is 0 Å². The van der Waals surface area contributed by atoms with Gasteiger partial charge in [-0.2, -0.15) is 5.10 Å². The quantitative estimate of drug-likeness (QED) is 0.279. The summed E-state index contributed by atoms with van der Waals surface area (Å²) in [4.78, 5) is 16.1. The van der Waals surface area contributed by atoms with E-state index in [0.717, 1.165) is 39.4 Å². The Morgan fingerprint density at radius 1 is 0.892 bits per heavy atom. The van der Waals surface area contributed by atoms with Gasteiger partial charge in [0.05, 0.1) is 49.0 Å². The van der Waals surface area contributed by atoms with E-state index >= 15 is 0 Å². The van der Waals surface area contributed by atoms with Crippen LogP contribution in [0.3, 0.4) is 0 Å². The number of benzene rings is 2. The molecule has 0 radical (unpaired) electrons. The lowest BCUT2D eigenvalue weighted by Gasteiger charge is -2.25. The number of aromatic nitrogens is 5. The van der Waals surface area contributed by atoms with E-state index in [1.807, 2.05) is 68.0 Å². The maximum Gasteiger partial charge on any atom is 0.124 e. The van der Waals surface area contributed by atoms with Gasteiger partial charge in [-0.1, -0.05) is 6.08 Å². The molecule has 0 aliphatic heterocycles. The van der Waals surface area contributed by atoms with Crippen LogP contribution in [0.5, 0.6) is 11.5 Å². The maximum absolute atomic E-state index is 5.54. The van der Waals surface area contributed by atoms with Crippen molar-refractivity contribution in [1.82, 2.24) is 24.7 Å². The molecule has 0 saturated heterocycles. The van der Waals surface area contributed by atoms with Crippen molar-refractivity contribution in [3.05, 3.63) is 90.7 Å². The highest BCUT2D eigenvalue weighted by Gasteiger charge is 2.14. The third-order valence-corrected chi connectivity index (χ3v) is 6.00. The number of ether oxygens (including phenoxy) is 2. The van der Waals surface area contributed by atoms with Gasteiger partial charge in [0.1, 0.15) is 11.5 Å². The van der Waals surface area contributed by atoms with Crippen LogP contribution in [-0.4, -0.2) is 45.5 Å². The van der Waals surface area contributed by atoms with Crippen LogP contribution in [0, 0.1) is 6.92 Å². The Kier molecular flexibility index (Phi) is 6.81. The number of pyridine rings is 1. The molecule has 0 bridgehead atoms. The molecule has 8 heteroatoms. The summed E-state index contributed by atoms with van der Waals surface area (Å²) >= 11 is 0. The number of nitrogens with zero attached hydrogens (tertiary/aromatic N) is 6. The second-order valence-electron chi connectivity index (χ2n) is 8.67. The van der Waals surface area contributed by atoms with Crippen molar-refractivity contribution < 1.29 is 9.47 Å². The fraction of sp³-hybridized carbons (Fsp3) is 0.172. The minimum Gasteiger partial charge on any atom is -0.497 e. The standard InChI is InChI=1S/C29H28N6O2/c1-20-9-10-30-22(12-20)6-5-11-35(24-13-25(36-3)16-26(14-24)37-4)23-7-8-27-28(15-23)33-29(18-31-27)21-17-32-34(2)19-21/h5-10,12-19H,11H2,1-4H3/b6-5+. The van der Waals surface area contributed by atoms with E-state index in [2.05, 4.69) is 39.0 Å². The molecule has 3 heterocycles. The van der Waals surface area contributed by atoms with E-state index in [1.165, 1.54) is 5.56 Å². The highest BCUT2D eigenvalue weighted by atomic mass is 16.5. The lowest BCUT2D eigenvalue weighted by Crippen LogP contribution is -2.17. The topological polar surface area (TPSA) is 78.2 Å². The monoisotopic (exact) mass is 492 g/mol. The lowest BCUT2D eigenvalue weighted by molar-refractivity contribution is 0.394. The van der Waals surface area contributed by atoms with Gasteiger partial charge in [0.25, 0.3) is 0 Å². The van der Waals surface area contributed by atoms with Crippen LogP contribution < -0.4 is 14.4 Å². The normalized spacial score (nSPS) is 11.2. The zero-order valence-corrected chi connectivity index (χ0v) is 21.3. The number of anilines is 2. The van der Waals surface area contributed by atoms with Gasteiger partial charge in [0.2, 0.25) is 0 Å². The molecular formula is C29H28N6O2. The summed E-state index contributed by atoms with van der Waals surface area (Å²) < 4.78 is 12.8. The van der Waals surface area contributed by atoms with E-state index in [0.29, 0.717) is 18.0 Å². The van der Waals surface area contributed by atoms with Crippen LogP contribution in [-0.2, 0) is 7.05 Å². The van der Waals surface area contributed by atoms with Crippen molar-refractivity contribution in [2.24, 2.45) is 7.05 Å². The zero-order chi connectivity index (χ0) is 25.8. The molecule has 0 atom stereocenters. The molecule has 186 valence electrons. The fourth-order valence-corrected chi connectivity index (χ4v) is 4.10. The van der Waals surface area contributed by atoms with Crippen molar-refractivity contribution in [3.8, 4) is 22.8 Å². The molecule has 5 aromatic rings. The van der Waals surface area contributed by atoms with Gasteiger partial charge in [-0.15, -0.1) is 0 Å². The summed E-state index contributed by atoms with van der Waals surface area (Å²) in [6.07, 6.45) is 11.4. The summed E-state index contributed by atoms with van der Waals surface area (Å²) in [5, 5.41) is 4.26. The van der Waals surface area contributed by atoms with E-state index in [1.54, 1.807) is 31.3 Å². The van der Waals surface area contributed by atoms with Crippen molar-refractivity contribution in [3.63, 3.8) is 0 Å². The van der Waals surface area contributed by atoms with E-state index in [9.17, 15) is 0 Å². The first-order chi connectivity index (χ1) is 18.0. The SMILES string of the molecule is COc1cc(OC)cc(N(C/C=C/c2cc(C)ccn2)c2ccc3ncc(-c4cnn(C)c4)nc3c2)c1. The van der Waals surface area contributed by atoms with Crippen LogP contribution in [0.15, 0.2) is 79.4 Å². The third kappa shape index (κ3) is 5.43. The van der Waals surface area contributed by atoms with Crippen molar-refractivity contribution in [1.29, 1.82) is 0 Å². The Hall–Kier alpha value is -4.72. The third-order valence-electron chi connectivity index (χ3n) is 6.00. The number of rotatable bonds is 8. The van der Waals surface area contributed by atoms with Crippen molar-refractivity contribution in [2.45, 2.75) is 6.92 Å². The Morgan fingerprint density at radius 3 is 2.41 bits per heavy atom. The van der Waals surface area contributed by atoms with Gasteiger partial charge >= 0.3 is 0 Å². The van der Waals surface area contributed by atoms with Crippen LogP contribution >= 0.6 is 0 Å². The first-order valence-corrected chi connectivity index (χ1v) is 11.9.